The second-order valence-electron chi connectivity index (χ2n) is 8.88. The summed E-state index contributed by atoms with van der Waals surface area (Å²) in [5.41, 5.74) is 5.56. The molecule has 200 valence electrons. The molecule has 0 saturated carbocycles. The van der Waals surface area contributed by atoms with Gasteiger partial charge in [0.25, 0.3) is 15.9 Å². The summed E-state index contributed by atoms with van der Waals surface area (Å²) in [5, 5.41) is 4.10. The summed E-state index contributed by atoms with van der Waals surface area (Å²) in [7, 11) is 1.37. The first-order valence-electron chi connectivity index (χ1n) is 12.2. The molecule has 1 N–H and O–H groups in total. The summed E-state index contributed by atoms with van der Waals surface area (Å²) in [4.78, 5) is 15.3. The number of anilines is 2. The monoisotopic (exact) mass is 542 g/mol. The largest absolute Gasteiger partial charge is 0.497 e. The maximum absolute atomic E-state index is 13.9. The van der Waals surface area contributed by atoms with Crippen LogP contribution >= 0.6 is 0 Å². The van der Waals surface area contributed by atoms with Gasteiger partial charge in [0.2, 0.25) is 0 Å². The lowest BCUT2D eigenvalue weighted by molar-refractivity contribution is 0.0955. The number of methoxy groups -OCH3 is 1. The minimum absolute atomic E-state index is 0.0288. The molecule has 0 atom stereocenters. The zero-order valence-electron chi connectivity index (χ0n) is 22.0. The van der Waals surface area contributed by atoms with Gasteiger partial charge in [-0.05, 0) is 59.7 Å². The third-order valence-electron chi connectivity index (χ3n) is 6.02. The first kappa shape index (κ1) is 27.4. The standard InChI is InChI=1S/C30H30N4O4S/c1-33(2)25-15-13-23(14-16-25)21-31-32-30(35)28-11-7-8-12-29(28)34(22-24-9-5-4-6-10-24)39(36,37)27-19-17-26(38-3)18-20-27/h4-21H,22H2,1-3H3,(H,32,35)/b31-21+. The van der Waals surface area contributed by atoms with Crippen LogP contribution in [0.2, 0.25) is 0 Å². The molecule has 0 unspecified atom stereocenters. The summed E-state index contributed by atoms with van der Waals surface area (Å²) in [6, 6.07) is 29.6. The van der Waals surface area contributed by atoms with Gasteiger partial charge in [0, 0.05) is 19.8 Å². The van der Waals surface area contributed by atoms with E-state index >= 15 is 0 Å². The van der Waals surface area contributed by atoms with Gasteiger partial charge in [-0.1, -0.05) is 54.6 Å². The Bertz CT molecular complexity index is 1540. The number of nitrogens with one attached hydrogen (secondary N) is 1. The molecule has 4 aromatic rings. The number of ether oxygens (including phenoxy) is 1. The average Bonchev–Trinajstić information content (AvgIpc) is 2.96. The van der Waals surface area contributed by atoms with E-state index in [0.717, 1.165) is 16.8 Å². The Balaban J connectivity index is 1.66. The lowest BCUT2D eigenvalue weighted by atomic mass is 10.1. The van der Waals surface area contributed by atoms with Gasteiger partial charge in [-0.3, -0.25) is 9.10 Å². The number of hydrogen-bond acceptors (Lipinski definition) is 6. The van der Waals surface area contributed by atoms with Gasteiger partial charge in [-0.25, -0.2) is 13.8 Å². The van der Waals surface area contributed by atoms with Crippen LogP contribution < -0.4 is 19.4 Å². The SMILES string of the molecule is COc1ccc(S(=O)(=O)N(Cc2ccccc2)c2ccccc2C(=O)N/N=C/c2ccc(N(C)C)cc2)cc1. The van der Waals surface area contributed by atoms with Gasteiger partial charge >= 0.3 is 0 Å². The van der Waals surface area contributed by atoms with Crippen molar-refractivity contribution in [2.24, 2.45) is 5.10 Å². The van der Waals surface area contributed by atoms with Gasteiger partial charge in [0.05, 0.1) is 36.0 Å². The third-order valence-corrected chi connectivity index (χ3v) is 7.80. The summed E-state index contributed by atoms with van der Waals surface area (Å²) in [5.74, 6) is 0.00677. The number of benzene rings is 4. The number of nitrogens with zero attached hydrogens (tertiary/aromatic N) is 3. The van der Waals surface area contributed by atoms with Crippen molar-refractivity contribution in [1.29, 1.82) is 0 Å². The number of amides is 1. The number of sulfonamides is 1. The number of carbonyl (C=O) groups is 1. The van der Waals surface area contributed by atoms with Crippen LogP contribution in [0, 0.1) is 0 Å². The fourth-order valence-corrected chi connectivity index (χ4v) is 5.36. The molecule has 0 aliphatic rings. The number of carbonyl (C=O) groups excluding carboxylic acids is 1. The molecule has 0 aromatic heterocycles. The van der Waals surface area contributed by atoms with E-state index in [-0.39, 0.29) is 22.7 Å². The minimum atomic E-state index is -4.05. The van der Waals surface area contributed by atoms with Crippen LogP contribution in [0.15, 0.2) is 113 Å². The molecule has 39 heavy (non-hydrogen) atoms. The number of rotatable bonds is 10. The highest BCUT2D eigenvalue weighted by Crippen LogP contribution is 2.30. The van der Waals surface area contributed by atoms with Gasteiger partial charge in [-0.2, -0.15) is 5.10 Å². The van der Waals surface area contributed by atoms with Crippen molar-refractivity contribution in [3.8, 4) is 5.75 Å². The van der Waals surface area contributed by atoms with Crippen LogP contribution in [0.4, 0.5) is 11.4 Å². The number of hydrazone groups is 1. The summed E-state index contributed by atoms with van der Waals surface area (Å²) >= 11 is 0. The molecule has 0 saturated heterocycles. The molecule has 0 bridgehead atoms. The molecule has 8 nitrogen and oxygen atoms in total. The molecular formula is C30H30N4O4S. The van der Waals surface area contributed by atoms with E-state index in [4.69, 9.17) is 4.74 Å². The highest BCUT2D eigenvalue weighted by Gasteiger charge is 2.28. The predicted octanol–water partition coefficient (Wildman–Crippen LogP) is 4.92. The Kier molecular flexibility index (Phi) is 8.63. The summed E-state index contributed by atoms with van der Waals surface area (Å²) in [6.07, 6.45) is 1.54. The van der Waals surface area contributed by atoms with Crippen LogP contribution in [0.1, 0.15) is 21.5 Å². The van der Waals surface area contributed by atoms with Gasteiger partial charge in [0.15, 0.2) is 0 Å². The van der Waals surface area contributed by atoms with Crippen molar-refractivity contribution < 1.29 is 17.9 Å². The van der Waals surface area contributed by atoms with Gasteiger partial charge in [0.1, 0.15) is 5.75 Å². The van der Waals surface area contributed by atoms with Gasteiger partial charge < -0.3 is 9.64 Å². The second-order valence-corrected chi connectivity index (χ2v) is 10.7. The van der Waals surface area contributed by atoms with E-state index in [2.05, 4.69) is 10.5 Å². The second kappa shape index (κ2) is 12.3. The first-order valence-corrected chi connectivity index (χ1v) is 13.6. The third kappa shape index (κ3) is 6.63. The zero-order chi connectivity index (χ0) is 27.8. The topological polar surface area (TPSA) is 91.3 Å². The van der Waals surface area contributed by atoms with E-state index in [1.54, 1.807) is 36.4 Å². The predicted molar refractivity (Wildman–Crippen MR) is 155 cm³/mol. The highest BCUT2D eigenvalue weighted by atomic mass is 32.2. The fraction of sp³-hybridized carbons (Fsp3) is 0.133. The van der Waals surface area contributed by atoms with Crippen LogP contribution in [-0.2, 0) is 16.6 Å². The molecule has 4 rings (SSSR count). The maximum atomic E-state index is 13.9. The normalized spacial score (nSPS) is 11.3. The Labute approximate surface area is 229 Å². The van der Waals surface area contributed by atoms with E-state index in [1.165, 1.54) is 29.8 Å². The molecule has 1 amide bonds. The Hall–Kier alpha value is -4.63. The van der Waals surface area contributed by atoms with Crippen LogP contribution in [0.25, 0.3) is 0 Å². The molecular weight excluding hydrogens is 512 g/mol. The molecule has 0 fully saturated rings. The molecule has 9 heteroatoms. The minimum Gasteiger partial charge on any atom is -0.497 e. The van der Waals surface area contributed by atoms with Crippen LogP contribution in [-0.4, -0.2) is 41.7 Å². The fourth-order valence-electron chi connectivity index (χ4n) is 3.89. The Morgan fingerprint density at radius 3 is 2.15 bits per heavy atom. The maximum Gasteiger partial charge on any atom is 0.273 e. The van der Waals surface area contributed by atoms with Crippen molar-refractivity contribution in [1.82, 2.24) is 5.43 Å². The van der Waals surface area contributed by atoms with Crippen molar-refractivity contribution in [2.75, 3.05) is 30.4 Å². The number of para-hydroxylation sites is 1. The summed E-state index contributed by atoms with van der Waals surface area (Å²) in [6.45, 7) is 0.0288. The van der Waals surface area contributed by atoms with Crippen molar-refractivity contribution >= 4 is 33.5 Å². The number of hydrogen-bond donors (Lipinski definition) is 1. The molecule has 0 heterocycles. The Morgan fingerprint density at radius 2 is 1.51 bits per heavy atom. The lowest BCUT2D eigenvalue weighted by Gasteiger charge is -2.26. The molecule has 0 aliphatic heterocycles. The van der Waals surface area contributed by atoms with E-state index in [0.29, 0.717) is 5.75 Å². The molecule has 0 spiro atoms. The van der Waals surface area contributed by atoms with E-state index in [1.807, 2.05) is 73.6 Å². The van der Waals surface area contributed by atoms with E-state index in [9.17, 15) is 13.2 Å². The van der Waals surface area contributed by atoms with Crippen LogP contribution in [0.3, 0.4) is 0 Å². The quantitative estimate of drug-likeness (QED) is 0.227. The average molecular weight is 543 g/mol. The van der Waals surface area contributed by atoms with Crippen molar-refractivity contribution in [3.05, 3.63) is 120 Å². The highest BCUT2D eigenvalue weighted by molar-refractivity contribution is 7.92. The summed E-state index contributed by atoms with van der Waals surface area (Å²) < 4.78 is 34.2. The van der Waals surface area contributed by atoms with E-state index < -0.39 is 15.9 Å². The van der Waals surface area contributed by atoms with Crippen LogP contribution in [0.5, 0.6) is 5.75 Å². The van der Waals surface area contributed by atoms with Crippen molar-refractivity contribution in [2.45, 2.75) is 11.4 Å². The zero-order valence-corrected chi connectivity index (χ0v) is 22.8. The molecule has 0 aliphatic carbocycles. The lowest BCUT2D eigenvalue weighted by Crippen LogP contribution is -2.33. The van der Waals surface area contributed by atoms with Crippen molar-refractivity contribution in [3.63, 3.8) is 0 Å². The smallest absolute Gasteiger partial charge is 0.273 e. The molecule has 4 aromatic carbocycles. The Morgan fingerprint density at radius 1 is 0.872 bits per heavy atom. The molecule has 0 radical (unpaired) electrons. The van der Waals surface area contributed by atoms with Gasteiger partial charge in [-0.15, -0.1) is 0 Å². The first-order chi connectivity index (χ1) is 18.8.